The highest BCUT2D eigenvalue weighted by molar-refractivity contribution is 6.03. The fourth-order valence-corrected chi connectivity index (χ4v) is 5.59. The maximum absolute atomic E-state index is 4.96. The van der Waals surface area contributed by atoms with Gasteiger partial charge in [-0.1, -0.05) is 31.0 Å². The quantitative estimate of drug-likeness (QED) is 0.289. The summed E-state index contributed by atoms with van der Waals surface area (Å²) in [6.45, 7) is 9.48. The van der Waals surface area contributed by atoms with E-state index in [4.69, 9.17) is 4.98 Å². The summed E-state index contributed by atoms with van der Waals surface area (Å²) in [5.74, 6) is 0. The SMILES string of the molecule is c1ccc2nc3ccc(NCCCN4CCCCC4)c(NCCCN4CCCCC4)c3cc2c1. The first kappa shape index (κ1) is 23.4. The van der Waals surface area contributed by atoms with Crippen molar-refractivity contribution in [1.82, 2.24) is 14.8 Å². The van der Waals surface area contributed by atoms with E-state index in [9.17, 15) is 0 Å². The topological polar surface area (TPSA) is 43.4 Å². The first-order valence-electron chi connectivity index (χ1n) is 13.6. The number of para-hydroxylation sites is 1. The number of pyridine rings is 1. The molecule has 182 valence electrons. The van der Waals surface area contributed by atoms with E-state index in [2.05, 4.69) is 62.9 Å². The number of hydrogen-bond acceptors (Lipinski definition) is 5. The van der Waals surface area contributed by atoms with Crippen LogP contribution in [-0.4, -0.2) is 67.1 Å². The molecule has 5 heteroatoms. The molecule has 0 amide bonds. The zero-order chi connectivity index (χ0) is 23.0. The van der Waals surface area contributed by atoms with E-state index in [1.165, 1.54) is 113 Å². The Kier molecular flexibility index (Phi) is 8.15. The summed E-state index contributed by atoms with van der Waals surface area (Å²) >= 11 is 0. The predicted molar refractivity (Wildman–Crippen MR) is 146 cm³/mol. The minimum atomic E-state index is 0.991. The highest BCUT2D eigenvalue weighted by Crippen LogP contribution is 2.33. The van der Waals surface area contributed by atoms with E-state index in [1.807, 2.05) is 0 Å². The summed E-state index contributed by atoms with van der Waals surface area (Å²) in [4.78, 5) is 10.2. The molecule has 0 radical (unpaired) electrons. The van der Waals surface area contributed by atoms with Gasteiger partial charge < -0.3 is 20.4 Å². The molecule has 5 nitrogen and oxygen atoms in total. The van der Waals surface area contributed by atoms with Crippen LogP contribution in [0, 0.1) is 0 Å². The van der Waals surface area contributed by atoms with Crippen LogP contribution in [0.15, 0.2) is 42.5 Å². The van der Waals surface area contributed by atoms with Crippen molar-refractivity contribution in [3.63, 3.8) is 0 Å². The Balaban J connectivity index is 1.28. The molecule has 3 aromatic rings. The van der Waals surface area contributed by atoms with Gasteiger partial charge in [0.05, 0.1) is 22.4 Å². The molecule has 2 fully saturated rings. The smallest absolute Gasteiger partial charge is 0.0732 e. The zero-order valence-electron chi connectivity index (χ0n) is 20.7. The Morgan fingerprint density at radius 2 is 1.32 bits per heavy atom. The van der Waals surface area contributed by atoms with Crippen LogP contribution in [0.2, 0.25) is 0 Å². The lowest BCUT2D eigenvalue weighted by atomic mass is 10.1. The van der Waals surface area contributed by atoms with E-state index in [0.29, 0.717) is 0 Å². The van der Waals surface area contributed by atoms with Gasteiger partial charge in [0.1, 0.15) is 0 Å². The molecule has 2 aromatic carbocycles. The second-order valence-electron chi connectivity index (χ2n) is 10.1. The molecule has 0 aliphatic carbocycles. The van der Waals surface area contributed by atoms with E-state index >= 15 is 0 Å². The number of benzene rings is 2. The number of likely N-dealkylation sites (tertiary alicyclic amines) is 2. The Hall–Kier alpha value is -2.37. The number of hydrogen-bond donors (Lipinski definition) is 2. The largest absolute Gasteiger partial charge is 0.383 e. The molecule has 0 spiro atoms. The van der Waals surface area contributed by atoms with Crippen LogP contribution in [0.1, 0.15) is 51.4 Å². The van der Waals surface area contributed by atoms with Gasteiger partial charge in [-0.25, -0.2) is 4.98 Å². The van der Waals surface area contributed by atoms with Crippen LogP contribution in [0.25, 0.3) is 21.8 Å². The van der Waals surface area contributed by atoms with Crippen LogP contribution in [0.3, 0.4) is 0 Å². The second-order valence-corrected chi connectivity index (χ2v) is 10.1. The lowest BCUT2D eigenvalue weighted by Crippen LogP contribution is -2.31. The Morgan fingerprint density at radius 3 is 2.03 bits per heavy atom. The summed E-state index contributed by atoms with van der Waals surface area (Å²) < 4.78 is 0. The van der Waals surface area contributed by atoms with Crippen molar-refractivity contribution >= 4 is 33.2 Å². The van der Waals surface area contributed by atoms with Crippen molar-refractivity contribution in [2.24, 2.45) is 0 Å². The molecular weight excluding hydrogens is 418 g/mol. The Labute approximate surface area is 204 Å². The number of nitrogens with zero attached hydrogens (tertiary/aromatic N) is 3. The third-order valence-electron chi connectivity index (χ3n) is 7.52. The molecule has 5 rings (SSSR count). The van der Waals surface area contributed by atoms with Gasteiger partial charge in [0.25, 0.3) is 0 Å². The molecule has 0 atom stereocenters. The molecule has 3 heterocycles. The normalized spacial score (nSPS) is 17.9. The van der Waals surface area contributed by atoms with Gasteiger partial charge in [0, 0.05) is 23.9 Å². The van der Waals surface area contributed by atoms with Crippen molar-refractivity contribution in [1.29, 1.82) is 0 Å². The lowest BCUT2D eigenvalue weighted by Gasteiger charge is -2.27. The second kappa shape index (κ2) is 11.9. The van der Waals surface area contributed by atoms with Crippen LogP contribution < -0.4 is 10.6 Å². The molecule has 2 aliphatic rings. The number of aromatic nitrogens is 1. The Bertz CT molecular complexity index is 1050. The molecule has 0 bridgehead atoms. The third kappa shape index (κ3) is 6.00. The molecule has 1 aromatic heterocycles. The van der Waals surface area contributed by atoms with Gasteiger partial charge in [-0.15, -0.1) is 0 Å². The van der Waals surface area contributed by atoms with E-state index < -0.39 is 0 Å². The van der Waals surface area contributed by atoms with Crippen molar-refractivity contribution in [2.75, 3.05) is 63.0 Å². The number of fused-ring (bicyclic) bond motifs is 2. The molecule has 2 N–H and O–H groups in total. The highest BCUT2D eigenvalue weighted by atomic mass is 15.1. The van der Waals surface area contributed by atoms with Gasteiger partial charge in [0.15, 0.2) is 0 Å². The van der Waals surface area contributed by atoms with Gasteiger partial charge in [-0.05, 0) is 102 Å². The van der Waals surface area contributed by atoms with Gasteiger partial charge >= 0.3 is 0 Å². The maximum atomic E-state index is 4.96. The number of piperidine rings is 2. The van der Waals surface area contributed by atoms with Gasteiger partial charge in [-0.2, -0.15) is 0 Å². The standard InChI is InChI=1S/C29H41N5/c1-5-17-33(18-6-1)21-9-15-30-28-14-13-27-25(23-24-11-3-4-12-26(24)32-27)29(28)31-16-10-22-34-19-7-2-8-20-34/h3-4,11-14,23,30-31H,1-2,5-10,15-22H2. The molecular formula is C29H41N5. The molecule has 0 unspecified atom stereocenters. The van der Waals surface area contributed by atoms with E-state index in [1.54, 1.807) is 0 Å². The van der Waals surface area contributed by atoms with Gasteiger partial charge in [0.2, 0.25) is 0 Å². The summed E-state index contributed by atoms with van der Waals surface area (Å²) in [6.07, 6.45) is 10.6. The summed E-state index contributed by atoms with van der Waals surface area (Å²) in [6, 6.07) is 15.1. The van der Waals surface area contributed by atoms with Crippen molar-refractivity contribution in [3.05, 3.63) is 42.5 Å². The van der Waals surface area contributed by atoms with Crippen LogP contribution >= 0.6 is 0 Å². The predicted octanol–water partition coefficient (Wildman–Crippen LogP) is 5.96. The van der Waals surface area contributed by atoms with Crippen LogP contribution in [0.4, 0.5) is 11.4 Å². The average molecular weight is 460 g/mol. The number of rotatable bonds is 10. The molecule has 2 aliphatic heterocycles. The number of nitrogens with one attached hydrogen (secondary N) is 2. The first-order valence-corrected chi connectivity index (χ1v) is 13.6. The molecule has 34 heavy (non-hydrogen) atoms. The highest BCUT2D eigenvalue weighted by Gasteiger charge is 2.13. The van der Waals surface area contributed by atoms with E-state index in [-0.39, 0.29) is 0 Å². The Morgan fingerprint density at radius 1 is 0.676 bits per heavy atom. The summed E-state index contributed by atoms with van der Waals surface area (Å²) in [7, 11) is 0. The van der Waals surface area contributed by atoms with Crippen molar-refractivity contribution in [3.8, 4) is 0 Å². The fourth-order valence-electron chi connectivity index (χ4n) is 5.59. The van der Waals surface area contributed by atoms with Gasteiger partial charge in [-0.3, -0.25) is 0 Å². The maximum Gasteiger partial charge on any atom is 0.0732 e. The minimum absolute atomic E-state index is 0.991. The zero-order valence-corrected chi connectivity index (χ0v) is 20.7. The monoisotopic (exact) mass is 459 g/mol. The van der Waals surface area contributed by atoms with Crippen LogP contribution in [0.5, 0.6) is 0 Å². The fraction of sp³-hybridized carbons (Fsp3) is 0.552. The number of anilines is 2. The van der Waals surface area contributed by atoms with Crippen molar-refractivity contribution in [2.45, 2.75) is 51.4 Å². The average Bonchev–Trinajstić information content (AvgIpc) is 2.89. The summed E-state index contributed by atoms with van der Waals surface area (Å²) in [5.41, 5.74) is 4.55. The minimum Gasteiger partial charge on any atom is -0.383 e. The van der Waals surface area contributed by atoms with E-state index in [0.717, 1.165) is 24.1 Å². The van der Waals surface area contributed by atoms with Crippen LogP contribution in [-0.2, 0) is 0 Å². The van der Waals surface area contributed by atoms with Crippen molar-refractivity contribution < 1.29 is 0 Å². The third-order valence-corrected chi connectivity index (χ3v) is 7.52. The molecule has 2 saturated heterocycles. The molecule has 0 saturated carbocycles. The first-order chi connectivity index (χ1) is 16.9. The summed E-state index contributed by atoms with van der Waals surface area (Å²) in [5, 5.41) is 9.99. The lowest BCUT2D eigenvalue weighted by molar-refractivity contribution is 0.228.